The van der Waals surface area contributed by atoms with Crippen molar-refractivity contribution < 1.29 is 0 Å². The van der Waals surface area contributed by atoms with Crippen LogP contribution >= 0.6 is 11.3 Å². The number of fused-ring (bicyclic) bond motifs is 1. The number of rotatable bonds is 8. The molecule has 0 spiro atoms. The van der Waals surface area contributed by atoms with E-state index in [0.29, 0.717) is 12.6 Å². The van der Waals surface area contributed by atoms with Crippen LogP contribution in [0.1, 0.15) is 79.4 Å². The van der Waals surface area contributed by atoms with E-state index in [-0.39, 0.29) is 11.6 Å². The molecule has 1 saturated carbocycles. The number of tetrazole rings is 1. The largest absolute Gasteiger partial charge is 0.321 e. The Balaban J connectivity index is 1.51. The highest BCUT2D eigenvalue weighted by Gasteiger charge is 2.29. The summed E-state index contributed by atoms with van der Waals surface area (Å²) in [4.78, 5) is 19.9. The van der Waals surface area contributed by atoms with Gasteiger partial charge in [0, 0.05) is 23.5 Å². The van der Waals surface area contributed by atoms with Crippen molar-refractivity contribution in [1.29, 1.82) is 0 Å². The first-order valence-corrected chi connectivity index (χ1v) is 13.2. The van der Waals surface area contributed by atoms with E-state index in [9.17, 15) is 4.79 Å². The molecule has 1 aliphatic carbocycles. The second-order valence-corrected chi connectivity index (χ2v) is 10.4. The van der Waals surface area contributed by atoms with E-state index in [0.717, 1.165) is 53.7 Å². The van der Waals surface area contributed by atoms with Crippen LogP contribution in [0.2, 0.25) is 0 Å². The monoisotopic (exact) mass is 476 g/mol. The Hall–Kier alpha value is -2.84. The molecule has 0 aliphatic heterocycles. The van der Waals surface area contributed by atoms with Crippen LogP contribution in [0.3, 0.4) is 0 Å². The third-order valence-corrected chi connectivity index (χ3v) is 7.90. The lowest BCUT2D eigenvalue weighted by Gasteiger charge is -2.31. The molecule has 1 N–H and O–H groups in total. The molecule has 1 aliphatic rings. The van der Waals surface area contributed by atoms with Crippen LogP contribution < -0.4 is 5.56 Å². The minimum Gasteiger partial charge on any atom is -0.321 e. The van der Waals surface area contributed by atoms with Crippen molar-refractivity contribution >= 4 is 22.2 Å². The van der Waals surface area contributed by atoms with Crippen molar-refractivity contribution in [2.24, 2.45) is 0 Å². The molecule has 0 amide bonds. The fourth-order valence-corrected chi connectivity index (χ4v) is 5.98. The normalized spacial score (nSPS) is 15.9. The van der Waals surface area contributed by atoms with Gasteiger partial charge in [-0.25, -0.2) is 4.68 Å². The molecule has 3 heterocycles. The second kappa shape index (κ2) is 10.2. The molecule has 8 heteroatoms. The molecule has 0 unspecified atom stereocenters. The minimum atomic E-state index is -0.0281. The Morgan fingerprint density at radius 2 is 2.03 bits per heavy atom. The van der Waals surface area contributed by atoms with Crippen molar-refractivity contribution in [3.63, 3.8) is 0 Å². The van der Waals surface area contributed by atoms with Crippen LogP contribution in [0.15, 0.2) is 46.6 Å². The van der Waals surface area contributed by atoms with Crippen LogP contribution in [-0.4, -0.2) is 30.1 Å². The number of aromatic nitrogens is 5. The molecule has 4 aromatic rings. The number of aryl methyl sites for hydroxylation is 1. The minimum absolute atomic E-state index is 0.0200. The molecule has 1 atom stereocenters. The summed E-state index contributed by atoms with van der Waals surface area (Å²) in [5.41, 5.74) is 2.73. The van der Waals surface area contributed by atoms with E-state index in [1.807, 2.05) is 25.1 Å². The van der Waals surface area contributed by atoms with Crippen molar-refractivity contribution in [3.05, 3.63) is 74.0 Å². The van der Waals surface area contributed by atoms with Gasteiger partial charge < -0.3 is 4.98 Å². The van der Waals surface area contributed by atoms with Crippen molar-refractivity contribution in [3.8, 4) is 0 Å². The summed E-state index contributed by atoms with van der Waals surface area (Å²) >= 11 is 1.74. The SMILES string of the molecule is CC[C@H](c1nnnn1C1CCCCC1)N(Cc1cccs1)Cc1cc2cccc(C)c2[nH]c1=O. The Kier molecular flexibility index (Phi) is 6.87. The average Bonchev–Trinajstić information content (AvgIpc) is 3.54. The summed E-state index contributed by atoms with van der Waals surface area (Å²) in [7, 11) is 0. The number of pyridine rings is 1. The highest BCUT2D eigenvalue weighted by Crippen LogP contribution is 2.33. The summed E-state index contributed by atoms with van der Waals surface area (Å²) in [6, 6.07) is 12.8. The average molecular weight is 477 g/mol. The van der Waals surface area contributed by atoms with Crippen molar-refractivity contribution in [2.75, 3.05) is 0 Å². The standard InChI is InChI=1S/C26H32N6OS/c1-3-23(25-28-29-30-32(25)21-11-5-4-6-12-21)31(17-22-13-8-14-34-22)16-20-15-19-10-7-9-18(2)24(19)27-26(20)33/h7-10,13-15,21,23H,3-6,11-12,16-17H2,1-2H3,(H,27,33)/t23-/m1/s1. The Bertz CT molecular complexity index is 1290. The number of benzene rings is 1. The first-order chi connectivity index (χ1) is 16.6. The van der Waals surface area contributed by atoms with E-state index in [1.54, 1.807) is 11.3 Å². The molecule has 0 saturated heterocycles. The van der Waals surface area contributed by atoms with Crippen LogP contribution in [0, 0.1) is 6.92 Å². The van der Waals surface area contributed by atoms with Crippen LogP contribution in [-0.2, 0) is 13.1 Å². The van der Waals surface area contributed by atoms with Crippen LogP contribution in [0.4, 0.5) is 0 Å². The molecule has 0 radical (unpaired) electrons. The third-order valence-electron chi connectivity index (χ3n) is 7.04. The first kappa shape index (κ1) is 22.9. The maximum atomic E-state index is 13.1. The number of nitrogens with zero attached hydrogens (tertiary/aromatic N) is 5. The summed E-state index contributed by atoms with van der Waals surface area (Å²) in [5.74, 6) is 0.916. The fourth-order valence-electron chi connectivity index (χ4n) is 5.25. The zero-order chi connectivity index (χ0) is 23.5. The van der Waals surface area contributed by atoms with Gasteiger partial charge in [-0.15, -0.1) is 16.4 Å². The maximum absolute atomic E-state index is 13.1. The molecule has 3 aromatic heterocycles. The number of para-hydroxylation sites is 1. The summed E-state index contributed by atoms with van der Waals surface area (Å²) < 4.78 is 2.07. The van der Waals surface area contributed by atoms with E-state index in [2.05, 4.69) is 60.6 Å². The molecule has 0 bridgehead atoms. The van der Waals surface area contributed by atoms with Gasteiger partial charge in [0.25, 0.3) is 5.56 Å². The molecule has 34 heavy (non-hydrogen) atoms. The van der Waals surface area contributed by atoms with Gasteiger partial charge in [-0.1, -0.05) is 50.5 Å². The molecule has 5 rings (SSSR count). The van der Waals surface area contributed by atoms with Gasteiger partial charge in [0.2, 0.25) is 0 Å². The van der Waals surface area contributed by atoms with Gasteiger partial charge in [-0.05, 0) is 65.1 Å². The van der Waals surface area contributed by atoms with Gasteiger partial charge >= 0.3 is 0 Å². The van der Waals surface area contributed by atoms with Crippen molar-refractivity contribution in [2.45, 2.75) is 77.5 Å². The smallest absolute Gasteiger partial charge is 0.252 e. The van der Waals surface area contributed by atoms with E-state index in [4.69, 9.17) is 0 Å². The van der Waals surface area contributed by atoms with Gasteiger partial charge in [0.15, 0.2) is 5.82 Å². The Morgan fingerprint density at radius 3 is 2.79 bits per heavy atom. The van der Waals surface area contributed by atoms with Crippen LogP contribution in [0.25, 0.3) is 10.9 Å². The topological polar surface area (TPSA) is 79.7 Å². The first-order valence-electron chi connectivity index (χ1n) is 12.3. The zero-order valence-electron chi connectivity index (χ0n) is 19.9. The molecular weight excluding hydrogens is 444 g/mol. The number of aromatic amines is 1. The number of hydrogen-bond acceptors (Lipinski definition) is 6. The van der Waals surface area contributed by atoms with Gasteiger partial charge in [0.05, 0.1) is 17.6 Å². The molecule has 7 nitrogen and oxygen atoms in total. The summed E-state index contributed by atoms with van der Waals surface area (Å²) in [6.07, 6.45) is 6.87. The van der Waals surface area contributed by atoms with E-state index < -0.39 is 0 Å². The van der Waals surface area contributed by atoms with Gasteiger partial charge in [-0.2, -0.15) is 0 Å². The summed E-state index contributed by atoms with van der Waals surface area (Å²) in [5, 5.41) is 16.2. The fraction of sp³-hybridized carbons (Fsp3) is 0.462. The quantitative estimate of drug-likeness (QED) is 0.361. The van der Waals surface area contributed by atoms with Crippen molar-refractivity contribution in [1.82, 2.24) is 30.1 Å². The number of H-pyrrole nitrogens is 1. The molecule has 1 fully saturated rings. The molecule has 1 aromatic carbocycles. The highest BCUT2D eigenvalue weighted by atomic mass is 32.1. The highest BCUT2D eigenvalue weighted by molar-refractivity contribution is 7.09. The summed E-state index contributed by atoms with van der Waals surface area (Å²) in [6.45, 7) is 5.49. The lowest BCUT2D eigenvalue weighted by molar-refractivity contribution is 0.157. The number of thiophene rings is 1. The second-order valence-electron chi connectivity index (χ2n) is 9.34. The van der Waals surface area contributed by atoms with E-state index in [1.165, 1.54) is 24.1 Å². The predicted molar refractivity (Wildman–Crippen MR) is 136 cm³/mol. The lowest BCUT2D eigenvalue weighted by atomic mass is 9.95. The molecule has 178 valence electrons. The van der Waals surface area contributed by atoms with Crippen LogP contribution in [0.5, 0.6) is 0 Å². The van der Waals surface area contributed by atoms with Gasteiger partial charge in [0.1, 0.15) is 0 Å². The molecular formula is C26H32N6OS. The Labute approximate surface area is 203 Å². The maximum Gasteiger partial charge on any atom is 0.252 e. The zero-order valence-corrected chi connectivity index (χ0v) is 20.7. The number of hydrogen-bond donors (Lipinski definition) is 1. The predicted octanol–water partition coefficient (Wildman–Crippen LogP) is 5.54. The van der Waals surface area contributed by atoms with E-state index >= 15 is 0 Å². The lowest BCUT2D eigenvalue weighted by Crippen LogP contribution is -2.33. The number of nitrogens with one attached hydrogen (secondary N) is 1. The Morgan fingerprint density at radius 1 is 1.18 bits per heavy atom. The third kappa shape index (κ3) is 4.70. The van der Waals surface area contributed by atoms with Gasteiger partial charge in [-0.3, -0.25) is 9.69 Å².